The Kier molecular flexibility index (Phi) is 6.58. The summed E-state index contributed by atoms with van der Waals surface area (Å²) >= 11 is 0. The number of benzene rings is 2. The molecule has 2 amide bonds. The molecule has 0 atom stereocenters. The third-order valence-electron chi connectivity index (χ3n) is 6.33. The second-order valence-electron chi connectivity index (χ2n) is 8.43. The Labute approximate surface area is 194 Å². The van der Waals surface area contributed by atoms with Crippen molar-refractivity contribution < 1.29 is 23.8 Å². The molecule has 0 bridgehead atoms. The van der Waals surface area contributed by atoms with E-state index in [9.17, 15) is 9.59 Å². The molecule has 2 aliphatic rings. The number of nitrogens with zero attached hydrogens (tertiary/aromatic N) is 1. The van der Waals surface area contributed by atoms with Crippen LogP contribution < -0.4 is 19.5 Å². The highest BCUT2D eigenvalue weighted by molar-refractivity contribution is 6.36. The SMILES string of the molecule is COc1cc(NC2=C(c3ccc(C)cc3)C(=O)N(C3CCCCC3)C2=O)cc(OC)c1OC. The summed E-state index contributed by atoms with van der Waals surface area (Å²) in [5.41, 5.74) is 3.02. The van der Waals surface area contributed by atoms with E-state index in [0.717, 1.165) is 37.7 Å². The molecule has 1 heterocycles. The van der Waals surface area contributed by atoms with E-state index in [4.69, 9.17) is 14.2 Å². The molecule has 0 aromatic heterocycles. The summed E-state index contributed by atoms with van der Waals surface area (Å²) in [7, 11) is 4.60. The molecule has 33 heavy (non-hydrogen) atoms. The molecule has 1 N–H and O–H groups in total. The second kappa shape index (κ2) is 9.57. The average molecular weight is 451 g/mol. The smallest absolute Gasteiger partial charge is 0.278 e. The van der Waals surface area contributed by atoms with E-state index in [-0.39, 0.29) is 23.6 Å². The molecule has 1 saturated carbocycles. The molecule has 1 aliphatic carbocycles. The van der Waals surface area contributed by atoms with Crippen LogP contribution in [0.4, 0.5) is 5.69 Å². The highest BCUT2D eigenvalue weighted by Crippen LogP contribution is 2.41. The molecule has 0 spiro atoms. The van der Waals surface area contributed by atoms with E-state index >= 15 is 0 Å². The van der Waals surface area contributed by atoms with E-state index in [1.807, 2.05) is 31.2 Å². The fraction of sp³-hybridized carbons (Fsp3) is 0.385. The summed E-state index contributed by atoms with van der Waals surface area (Å²) < 4.78 is 16.3. The number of rotatable bonds is 7. The molecule has 174 valence electrons. The molecule has 0 saturated heterocycles. The summed E-state index contributed by atoms with van der Waals surface area (Å²) in [4.78, 5) is 28.6. The molecule has 0 radical (unpaired) electrons. The number of anilines is 1. The van der Waals surface area contributed by atoms with Gasteiger partial charge in [0.2, 0.25) is 5.75 Å². The predicted molar refractivity (Wildman–Crippen MR) is 127 cm³/mol. The molecule has 1 fully saturated rings. The molecule has 0 unspecified atom stereocenters. The monoisotopic (exact) mass is 450 g/mol. The van der Waals surface area contributed by atoms with Gasteiger partial charge in [-0.15, -0.1) is 0 Å². The Hall–Kier alpha value is -3.48. The molecule has 4 rings (SSSR count). The van der Waals surface area contributed by atoms with Crippen molar-refractivity contribution in [3.05, 3.63) is 53.2 Å². The number of hydrogen-bond donors (Lipinski definition) is 1. The summed E-state index contributed by atoms with van der Waals surface area (Å²) in [6.45, 7) is 1.99. The zero-order valence-electron chi connectivity index (χ0n) is 19.6. The third kappa shape index (κ3) is 4.27. The highest BCUT2D eigenvalue weighted by Gasteiger charge is 2.43. The second-order valence-corrected chi connectivity index (χ2v) is 8.43. The number of amides is 2. The van der Waals surface area contributed by atoms with Crippen molar-refractivity contribution in [2.45, 2.75) is 45.1 Å². The maximum Gasteiger partial charge on any atom is 0.278 e. The lowest BCUT2D eigenvalue weighted by Gasteiger charge is -2.30. The normalized spacial score (nSPS) is 16.9. The van der Waals surface area contributed by atoms with Crippen LogP contribution in [-0.2, 0) is 9.59 Å². The van der Waals surface area contributed by atoms with Crippen LogP contribution in [0, 0.1) is 6.92 Å². The van der Waals surface area contributed by atoms with E-state index in [1.165, 1.54) is 26.2 Å². The minimum Gasteiger partial charge on any atom is -0.493 e. The lowest BCUT2D eigenvalue weighted by Crippen LogP contribution is -2.42. The quantitative estimate of drug-likeness (QED) is 0.624. The van der Waals surface area contributed by atoms with Gasteiger partial charge in [-0.25, -0.2) is 0 Å². The number of carbonyl (C=O) groups is 2. The number of carbonyl (C=O) groups excluding carboxylic acids is 2. The first-order valence-electron chi connectivity index (χ1n) is 11.2. The maximum absolute atomic E-state index is 13.6. The summed E-state index contributed by atoms with van der Waals surface area (Å²) in [5.74, 6) is 0.827. The fourth-order valence-electron chi connectivity index (χ4n) is 4.62. The zero-order valence-corrected chi connectivity index (χ0v) is 19.6. The van der Waals surface area contributed by atoms with Crippen molar-refractivity contribution in [2.75, 3.05) is 26.6 Å². The van der Waals surface area contributed by atoms with Crippen molar-refractivity contribution in [3.8, 4) is 17.2 Å². The lowest BCUT2D eigenvalue weighted by molar-refractivity contribution is -0.140. The van der Waals surface area contributed by atoms with Crippen molar-refractivity contribution in [2.24, 2.45) is 0 Å². The van der Waals surface area contributed by atoms with Crippen LogP contribution in [0.2, 0.25) is 0 Å². The van der Waals surface area contributed by atoms with Gasteiger partial charge in [-0.05, 0) is 25.3 Å². The van der Waals surface area contributed by atoms with Crippen LogP contribution in [0.15, 0.2) is 42.1 Å². The van der Waals surface area contributed by atoms with Gasteiger partial charge >= 0.3 is 0 Å². The van der Waals surface area contributed by atoms with Crippen LogP contribution in [-0.4, -0.2) is 44.1 Å². The molecule has 2 aromatic rings. The first-order chi connectivity index (χ1) is 16.0. The Bertz CT molecular complexity index is 1060. The minimum atomic E-state index is -0.295. The van der Waals surface area contributed by atoms with Crippen molar-refractivity contribution >= 4 is 23.1 Å². The van der Waals surface area contributed by atoms with Crippen molar-refractivity contribution in [3.63, 3.8) is 0 Å². The number of nitrogens with one attached hydrogen (secondary N) is 1. The predicted octanol–water partition coefficient (Wildman–Crippen LogP) is 4.55. The van der Waals surface area contributed by atoms with Gasteiger partial charge in [0.25, 0.3) is 11.8 Å². The van der Waals surface area contributed by atoms with E-state index in [0.29, 0.717) is 34.1 Å². The van der Waals surface area contributed by atoms with Gasteiger partial charge in [0.05, 0.1) is 26.9 Å². The van der Waals surface area contributed by atoms with Crippen LogP contribution in [0.5, 0.6) is 17.2 Å². The number of aryl methyl sites for hydroxylation is 1. The van der Waals surface area contributed by atoms with Crippen LogP contribution >= 0.6 is 0 Å². The number of hydrogen-bond acceptors (Lipinski definition) is 6. The van der Waals surface area contributed by atoms with Gasteiger partial charge in [0.15, 0.2) is 11.5 Å². The first-order valence-corrected chi connectivity index (χ1v) is 11.2. The van der Waals surface area contributed by atoms with Gasteiger partial charge in [0, 0.05) is 23.9 Å². The number of ether oxygens (including phenoxy) is 3. The third-order valence-corrected chi connectivity index (χ3v) is 6.33. The van der Waals surface area contributed by atoms with Crippen LogP contribution in [0.25, 0.3) is 5.57 Å². The van der Waals surface area contributed by atoms with Crippen LogP contribution in [0.1, 0.15) is 43.2 Å². The average Bonchev–Trinajstić information content (AvgIpc) is 3.08. The van der Waals surface area contributed by atoms with E-state index in [2.05, 4.69) is 5.32 Å². The lowest BCUT2D eigenvalue weighted by atomic mass is 9.94. The molecule has 1 aliphatic heterocycles. The zero-order chi connectivity index (χ0) is 23.5. The molecule has 7 nitrogen and oxygen atoms in total. The van der Waals surface area contributed by atoms with Crippen molar-refractivity contribution in [1.82, 2.24) is 4.90 Å². The maximum atomic E-state index is 13.6. The van der Waals surface area contributed by atoms with E-state index < -0.39 is 0 Å². The Balaban J connectivity index is 1.79. The summed E-state index contributed by atoms with van der Waals surface area (Å²) in [5, 5.41) is 3.21. The summed E-state index contributed by atoms with van der Waals surface area (Å²) in [6.07, 6.45) is 4.88. The van der Waals surface area contributed by atoms with Gasteiger partial charge in [-0.2, -0.15) is 0 Å². The number of imide groups is 1. The van der Waals surface area contributed by atoms with Crippen LogP contribution in [0.3, 0.4) is 0 Å². The Morgan fingerprint density at radius 1 is 0.848 bits per heavy atom. The fourth-order valence-corrected chi connectivity index (χ4v) is 4.62. The molecular weight excluding hydrogens is 420 g/mol. The Morgan fingerprint density at radius 3 is 2.00 bits per heavy atom. The highest BCUT2D eigenvalue weighted by atomic mass is 16.5. The largest absolute Gasteiger partial charge is 0.493 e. The van der Waals surface area contributed by atoms with E-state index in [1.54, 1.807) is 12.1 Å². The van der Waals surface area contributed by atoms with Gasteiger partial charge in [-0.1, -0.05) is 49.1 Å². The van der Waals surface area contributed by atoms with Gasteiger partial charge in [-0.3, -0.25) is 14.5 Å². The van der Waals surface area contributed by atoms with Gasteiger partial charge < -0.3 is 19.5 Å². The minimum absolute atomic E-state index is 0.0709. The first kappa shape index (κ1) is 22.7. The number of methoxy groups -OCH3 is 3. The molecule has 7 heteroatoms. The summed E-state index contributed by atoms with van der Waals surface area (Å²) in [6, 6.07) is 11.0. The standard InChI is InChI=1S/C26H30N2O5/c1-16-10-12-17(13-11-16)22-23(26(30)28(25(22)29)19-8-6-5-7-9-19)27-18-14-20(31-2)24(33-4)21(15-18)32-3/h10-15,19,27H,5-9H2,1-4H3. The van der Waals surface area contributed by atoms with Crippen molar-refractivity contribution in [1.29, 1.82) is 0 Å². The van der Waals surface area contributed by atoms with Gasteiger partial charge in [0.1, 0.15) is 5.70 Å². The molecule has 2 aromatic carbocycles. The molecular formula is C26H30N2O5. The topological polar surface area (TPSA) is 77.1 Å². The Morgan fingerprint density at radius 2 is 1.45 bits per heavy atom.